The van der Waals surface area contributed by atoms with Crippen LogP contribution in [0, 0.1) is 0 Å². The zero-order valence-electron chi connectivity index (χ0n) is 26.7. The Morgan fingerprint density at radius 2 is 1.09 bits per heavy atom. The Morgan fingerprint density at radius 1 is 0.711 bits per heavy atom. The van der Waals surface area contributed by atoms with Gasteiger partial charge in [-0.3, -0.25) is 14.5 Å². The van der Waals surface area contributed by atoms with Gasteiger partial charge in [0.1, 0.15) is 41.7 Å². The van der Waals surface area contributed by atoms with Gasteiger partial charge in [0.15, 0.2) is 11.6 Å². The summed E-state index contributed by atoms with van der Waals surface area (Å²) in [5.41, 5.74) is -2.09. The SMILES string of the molecule is CC(C)(O)C(=O)c1ccc(OCCOCC(O)CN(CCC[SH2+])CC(O)COCCOc2ccc(C(=O)C(C)(C)O)cc2)cc1. The van der Waals surface area contributed by atoms with Crippen LogP contribution in [0.25, 0.3) is 0 Å². The molecule has 0 heterocycles. The average Bonchev–Trinajstić information content (AvgIpc) is 2.98. The molecule has 45 heavy (non-hydrogen) atoms. The molecule has 0 saturated carbocycles. The van der Waals surface area contributed by atoms with Gasteiger partial charge in [0.2, 0.25) is 0 Å². The summed E-state index contributed by atoms with van der Waals surface area (Å²) < 4.78 is 22.4. The van der Waals surface area contributed by atoms with Crippen LogP contribution >= 0.6 is 0 Å². The highest BCUT2D eigenvalue weighted by Gasteiger charge is 2.26. The standard InChI is InChI=1S/C33H49NO10S/c1-32(2,39)30(37)24-6-10-28(11-7-24)43-17-15-41-22-26(35)20-34(14-5-19-45)21-27(36)23-42-16-18-44-29-12-8-25(9-13-29)31(38)33(3,4)40/h6-13,26-27,35-36,39-40,45H,5,14-23H2,1-4H3/p+1. The second-order valence-electron chi connectivity index (χ2n) is 11.8. The third-order valence-electron chi connectivity index (χ3n) is 6.55. The predicted molar refractivity (Wildman–Crippen MR) is 175 cm³/mol. The van der Waals surface area contributed by atoms with E-state index in [4.69, 9.17) is 18.9 Å². The molecular formula is C33H50NO10S+. The second-order valence-corrected chi connectivity index (χ2v) is 12.3. The molecule has 0 aliphatic rings. The minimum atomic E-state index is -1.44. The van der Waals surface area contributed by atoms with E-state index in [0.717, 1.165) is 12.2 Å². The molecular weight excluding hydrogens is 602 g/mol. The summed E-state index contributed by atoms with van der Waals surface area (Å²) in [5.74, 6) is 1.16. The highest BCUT2D eigenvalue weighted by Crippen LogP contribution is 2.18. The monoisotopic (exact) mass is 652 g/mol. The Kier molecular flexibility index (Phi) is 16.5. The Labute approximate surface area is 271 Å². The van der Waals surface area contributed by atoms with Crippen LogP contribution < -0.4 is 9.47 Å². The molecule has 0 bridgehead atoms. The van der Waals surface area contributed by atoms with Crippen molar-refractivity contribution in [3.63, 3.8) is 0 Å². The van der Waals surface area contributed by atoms with E-state index in [-0.39, 0.29) is 51.2 Å². The molecule has 11 nitrogen and oxygen atoms in total. The topological polar surface area (TPSA) is 155 Å². The first-order chi connectivity index (χ1) is 21.2. The number of aliphatic hydroxyl groups is 4. The summed E-state index contributed by atoms with van der Waals surface area (Å²) in [5, 5.41) is 40.7. The number of ether oxygens (including phenoxy) is 4. The molecule has 12 heteroatoms. The van der Waals surface area contributed by atoms with E-state index in [9.17, 15) is 30.0 Å². The van der Waals surface area contributed by atoms with Crippen molar-refractivity contribution in [2.45, 2.75) is 57.5 Å². The zero-order valence-corrected chi connectivity index (χ0v) is 27.7. The smallest absolute Gasteiger partial charge is 0.193 e. The van der Waals surface area contributed by atoms with Gasteiger partial charge in [0.25, 0.3) is 0 Å². The summed E-state index contributed by atoms with van der Waals surface area (Å²) >= 11 is 3.47. The molecule has 0 amide bonds. The molecule has 2 aromatic carbocycles. The number of Topliss-reactive ketones (excluding diaryl/α,β-unsaturated/α-hetero) is 2. The van der Waals surface area contributed by atoms with E-state index in [0.29, 0.717) is 42.3 Å². The lowest BCUT2D eigenvalue weighted by Gasteiger charge is -2.26. The molecule has 0 spiro atoms. The molecule has 0 aromatic heterocycles. The average molecular weight is 653 g/mol. The number of rotatable bonds is 23. The van der Waals surface area contributed by atoms with E-state index < -0.39 is 23.4 Å². The maximum atomic E-state index is 12.1. The molecule has 2 rings (SSSR count). The fraction of sp³-hybridized carbons (Fsp3) is 0.576. The van der Waals surface area contributed by atoms with Gasteiger partial charge in [0, 0.05) is 37.2 Å². The van der Waals surface area contributed by atoms with Gasteiger partial charge >= 0.3 is 0 Å². The number of hydrogen-bond donors (Lipinski definition) is 4. The first-order valence-corrected chi connectivity index (χ1v) is 15.8. The van der Waals surface area contributed by atoms with Crippen LogP contribution in [0.4, 0.5) is 0 Å². The highest BCUT2D eigenvalue weighted by molar-refractivity contribution is 7.58. The Bertz CT molecular complexity index is 1060. The lowest BCUT2D eigenvalue weighted by atomic mass is 9.97. The summed E-state index contributed by atoms with van der Waals surface area (Å²) in [6, 6.07) is 13.0. The van der Waals surface area contributed by atoms with Crippen molar-refractivity contribution in [2.75, 3.05) is 65.0 Å². The summed E-state index contributed by atoms with van der Waals surface area (Å²) in [4.78, 5) is 26.2. The molecule has 0 fully saturated rings. The fourth-order valence-corrected chi connectivity index (χ4v) is 4.41. The third-order valence-corrected chi connectivity index (χ3v) is 6.90. The number of nitrogens with zero attached hydrogens (tertiary/aromatic N) is 1. The quantitative estimate of drug-likeness (QED) is 0.0785. The van der Waals surface area contributed by atoms with Crippen LogP contribution in [-0.4, -0.2) is 125 Å². The van der Waals surface area contributed by atoms with Crippen molar-refractivity contribution in [3.8, 4) is 11.5 Å². The lowest BCUT2D eigenvalue weighted by molar-refractivity contribution is -0.0162. The van der Waals surface area contributed by atoms with Gasteiger partial charge in [-0.1, -0.05) is 0 Å². The number of carbonyl (C=O) groups is 2. The van der Waals surface area contributed by atoms with Crippen LogP contribution in [0.5, 0.6) is 11.5 Å². The highest BCUT2D eigenvalue weighted by atomic mass is 32.1. The van der Waals surface area contributed by atoms with Crippen molar-refractivity contribution < 1.29 is 49.0 Å². The molecule has 0 aliphatic heterocycles. The second kappa shape index (κ2) is 19.2. The fourth-order valence-electron chi connectivity index (χ4n) is 4.25. The van der Waals surface area contributed by atoms with Crippen molar-refractivity contribution in [3.05, 3.63) is 59.7 Å². The Hall–Kier alpha value is -2.55. The van der Waals surface area contributed by atoms with Crippen LogP contribution in [-0.2, 0) is 22.1 Å². The van der Waals surface area contributed by atoms with Gasteiger partial charge in [0.05, 0.1) is 38.6 Å². The number of ketones is 2. The van der Waals surface area contributed by atoms with Crippen LogP contribution in [0.3, 0.4) is 0 Å². The Balaban J connectivity index is 1.64. The van der Waals surface area contributed by atoms with Crippen molar-refractivity contribution in [2.24, 2.45) is 0 Å². The minimum Gasteiger partial charge on any atom is -0.491 e. The van der Waals surface area contributed by atoms with E-state index in [1.807, 2.05) is 4.90 Å². The number of carbonyl (C=O) groups excluding carboxylic acids is 2. The normalized spacial score (nSPS) is 13.5. The van der Waals surface area contributed by atoms with E-state index in [1.165, 1.54) is 27.7 Å². The minimum absolute atomic E-state index is 0.101. The lowest BCUT2D eigenvalue weighted by Crippen LogP contribution is -2.41. The molecule has 0 radical (unpaired) electrons. The Morgan fingerprint density at radius 3 is 1.42 bits per heavy atom. The van der Waals surface area contributed by atoms with E-state index >= 15 is 0 Å². The van der Waals surface area contributed by atoms with E-state index in [2.05, 4.69) is 12.6 Å². The molecule has 252 valence electrons. The van der Waals surface area contributed by atoms with Gasteiger partial charge in [-0.15, -0.1) is 0 Å². The molecule has 0 saturated heterocycles. The van der Waals surface area contributed by atoms with E-state index in [1.54, 1.807) is 48.5 Å². The molecule has 0 aliphatic carbocycles. The van der Waals surface area contributed by atoms with Crippen LogP contribution in [0.15, 0.2) is 48.5 Å². The largest absolute Gasteiger partial charge is 0.491 e. The maximum absolute atomic E-state index is 12.1. The van der Waals surface area contributed by atoms with Gasteiger partial charge < -0.3 is 39.4 Å². The first-order valence-electron chi connectivity index (χ1n) is 15.1. The van der Waals surface area contributed by atoms with Gasteiger partial charge in [-0.2, -0.15) is 0 Å². The van der Waals surface area contributed by atoms with Gasteiger partial charge in [-0.25, -0.2) is 0 Å². The first kappa shape index (κ1) is 38.6. The molecule has 2 atom stereocenters. The summed E-state index contributed by atoms with van der Waals surface area (Å²) in [6.07, 6.45) is -0.697. The number of hydrogen-bond acceptors (Lipinski definition) is 11. The van der Waals surface area contributed by atoms with Crippen molar-refractivity contribution in [1.29, 1.82) is 0 Å². The van der Waals surface area contributed by atoms with Crippen molar-refractivity contribution >= 4 is 24.2 Å². The van der Waals surface area contributed by atoms with Gasteiger partial charge in [-0.05, 0) is 88.9 Å². The molecule has 2 aromatic rings. The van der Waals surface area contributed by atoms with Crippen LogP contribution in [0.2, 0.25) is 0 Å². The number of aliphatic hydroxyl groups excluding tert-OH is 2. The zero-order chi connectivity index (χ0) is 33.5. The predicted octanol–water partition coefficient (Wildman–Crippen LogP) is 1.51. The molecule has 2 unspecified atom stereocenters. The van der Waals surface area contributed by atoms with Crippen LogP contribution in [0.1, 0.15) is 54.8 Å². The maximum Gasteiger partial charge on any atom is 0.193 e. The third kappa shape index (κ3) is 15.1. The summed E-state index contributed by atoms with van der Waals surface area (Å²) in [7, 11) is 0. The summed E-state index contributed by atoms with van der Waals surface area (Å²) in [6.45, 7) is 8.29. The van der Waals surface area contributed by atoms with Crippen molar-refractivity contribution in [1.82, 2.24) is 4.90 Å². The molecule has 4 N–H and O–H groups in total. The number of benzene rings is 2.